The van der Waals surface area contributed by atoms with Gasteiger partial charge in [-0.15, -0.1) is 22.7 Å². The van der Waals surface area contributed by atoms with E-state index >= 15 is 0 Å². The number of nitrogens with one attached hydrogen (secondary N) is 3. The number of hydrogen-bond donors (Lipinski definition) is 3. The first-order chi connectivity index (χ1) is 14.0. The lowest BCUT2D eigenvalue weighted by Crippen LogP contribution is -2.43. The van der Waals surface area contributed by atoms with Crippen molar-refractivity contribution in [3.63, 3.8) is 0 Å². The number of amides is 1. The molecule has 0 atom stereocenters. The van der Waals surface area contributed by atoms with Crippen LogP contribution >= 0.6 is 34.9 Å². The molecular formula is C20H25N3O3S3. The van der Waals surface area contributed by atoms with E-state index in [0.717, 1.165) is 36.1 Å². The topological polar surface area (TPSA) is 79.5 Å². The molecule has 0 radical (unpaired) electrons. The Bertz CT molecular complexity index is 904. The summed E-state index contributed by atoms with van der Waals surface area (Å²) >= 11 is 8.40. The van der Waals surface area contributed by atoms with Gasteiger partial charge in [0, 0.05) is 15.1 Å². The summed E-state index contributed by atoms with van der Waals surface area (Å²) in [6.45, 7) is 4.07. The molecule has 1 aliphatic carbocycles. The molecule has 0 bridgehead atoms. The summed E-state index contributed by atoms with van der Waals surface area (Å²) in [4.78, 5) is 27.1. The number of aryl methyl sites for hydroxylation is 2. The summed E-state index contributed by atoms with van der Waals surface area (Å²) in [7, 11) is 0. The van der Waals surface area contributed by atoms with Crippen LogP contribution in [0.15, 0.2) is 11.4 Å². The number of carbonyl (C=O) groups excluding carboxylic acids is 2. The number of rotatable bonds is 4. The average Bonchev–Trinajstić information content (AvgIpc) is 3.23. The minimum absolute atomic E-state index is 0.227. The molecule has 1 aliphatic rings. The second-order valence-corrected chi connectivity index (χ2v) is 9.45. The van der Waals surface area contributed by atoms with Crippen LogP contribution in [0.4, 0.5) is 5.00 Å². The Morgan fingerprint density at radius 2 is 1.93 bits per heavy atom. The smallest absolute Gasteiger partial charge is 0.341 e. The predicted octanol–water partition coefficient (Wildman–Crippen LogP) is 4.59. The fraction of sp³-hybridized carbons (Fsp3) is 0.450. The largest absolute Gasteiger partial charge is 0.462 e. The zero-order valence-electron chi connectivity index (χ0n) is 16.6. The quantitative estimate of drug-likeness (QED) is 0.359. The van der Waals surface area contributed by atoms with Gasteiger partial charge in [0.05, 0.1) is 17.7 Å². The molecule has 0 saturated heterocycles. The van der Waals surface area contributed by atoms with Crippen molar-refractivity contribution in [3.8, 4) is 0 Å². The maximum absolute atomic E-state index is 12.6. The summed E-state index contributed by atoms with van der Waals surface area (Å²) in [5.41, 5.74) is 7.55. The maximum Gasteiger partial charge on any atom is 0.341 e. The molecule has 0 fully saturated rings. The number of anilines is 1. The summed E-state index contributed by atoms with van der Waals surface area (Å²) in [6.07, 6.45) is 6.40. The zero-order valence-corrected chi connectivity index (χ0v) is 19.0. The lowest BCUT2D eigenvalue weighted by atomic mass is 9.96. The van der Waals surface area contributed by atoms with Crippen LogP contribution in [0.2, 0.25) is 0 Å². The third kappa shape index (κ3) is 5.55. The third-order valence-electron chi connectivity index (χ3n) is 4.66. The van der Waals surface area contributed by atoms with Gasteiger partial charge >= 0.3 is 5.97 Å². The van der Waals surface area contributed by atoms with Crippen LogP contribution in [0.5, 0.6) is 0 Å². The molecule has 29 heavy (non-hydrogen) atoms. The van der Waals surface area contributed by atoms with E-state index < -0.39 is 0 Å². The molecule has 1 amide bonds. The molecular weight excluding hydrogens is 426 g/mol. The van der Waals surface area contributed by atoms with E-state index in [4.69, 9.17) is 17.0 Å². The second-order valence-electron chi connectivity index (χ2n) is 6.82. The van der Waals surface area contributed by atoms with Gasteiger partial charge in [-0.1, -0.05) is 12.8 Å². The van der Waals surface area contributed by atoms with Gasteiger partial charge < -0.3 is 10.1 Å². The molecule has 3 N–H and O–H groups in total. The molecule has 0 saturated carbocycles. The summed E-state index contributed by atoms with van der Waals surface area (Å²) in [6, 6.07) is 1.82. The van der Waals surface area contributed by atoms with Crippen molar-refractivity contribution < 1.29 is 14.3 Å². The molecule has 2 aromatic rings. The van der Waals surface area contributed by atoms with Gasteiger partial charge in [0.1, 0.15) is 5.00 Å². The number of ether oxygens (including phenoxy) is 1. The fourth-order valence-corrected chi connectivity index (χ4v) is 5.49. The van der Waals surface area contributed by atoms with E-state index in [1.165, 1.54) is 29.1 Å². The van der Waals surface area contributed by atoms with E-state index in [1.807, 2.05) is 13.0 Å². The average molecular weight is 452 g/mol. The van der Waals surface area contributed by atoms with E-state index in [0.29, 0.717) is 22.7 Å². The first kappa shape index (κ1) is 21.7. The SMILES string of the molecule is CCOC(=O)c1c(NC(=S)NNC(=O)c2csc(C)c2)sc2c1CCCCCC2. The van der Waals surface area contributed by atoms with Gasteiger partial charge in [0.25, 0.3) is 5.91 Å². The molecule has 0 aromatic carbocycles. The van der Waals surface area contributed by atoms with Crippen LogP contribution in [-0.4, -0.2) is 23.6 Å². The highest BCUT2D eigenvalue weighted by Crippen LogP contribution is 2.37. The maximum atomic E-state index is 12.6. The predicted molar refractivity (Wildman–Crippen MR) is 122 cm³/mol. The second kappa shape index (κ2) is 10.2. The number of hydrazine groups is 1. The van der Waals surface area contributed by atoms with Crippen molar-refractivity contribution in [2.45, 2.75) is 52.4 Å². The number of esters is 1. The molecule has 0 spiro atoms. The van der Waals surface area contributed by atoms with Crippen LogP contribution in [0.3, 0.4) is 0 Å². The number of hydrogen-bond acceptors (Lipinski definition) is 6. The molecule has 2 aromatic heterocycles. The Morgan fingerprint density at radius 1 is 1.17 bits per heavy atom. The Hall–Kier alpha value is -1.97. The van der Waals surface area contributed by atoms with Crippen molar-refractivity contribution in [1.82, 2.24) is 10.9 Å². The van der Waals surface area contributed by atoms with Crippen LogP contribution in [0.25, 0.3) is 0 Å². The van der Waals surface area contributed by atoms with E-state index in [1.54, 1.807) is 23.6 Å². The highest BCUT2D eigenvalue weighted by Gasteiger charge is 2.25. The van der Waals surface area contributed by atoms with Crippen molar-refractivity contribution in [2.75, 3.05) is 11.9 Å². The van der Waals surface area contributed by atoms with Gasteiger partial charge in [0.2, 0.25) is 0 Å². The van der Waals surface area contributed by atoms with Crippen LogP contribution < -0.4 is 16.2 Å². The van der Waals surface area contributed by atoms with Gasteiger partial charge in [-0.2, -0.15) is 0 Å². The Kier molecular flexibility index (Phi) is 7.63. The minimum Gasteiger partial charge on any atom is -0.462 e. The molecule has 2 heterocycles. The van der Waals surface area contributed by atoms with E-state index in [2.05, 4.69) is 16.2 Å². The lowest BCUT2D eigenvalue weighted by Gasteiger charge is -2.13. The molecule has 0 unspecified atom stereocenters. The van der Waals surface area contributed by atoms with Crippen LogP contribution in [-0.2, 0) is 17.6 Å². The summed E-state index contributed by atoms with van der Waals surface area (Å²) < 4.78 is 5.30. The Morgan fingerprint density at radius 3 is 2.62 bits per heavy atom. The summed E-state index contributed by atoms with van der Waals surface area (Å²) in [5, 5.41) is 5.78. The summed E-state index contributed by atoms with van der Waals surface area (Å²) in [5.74, 6) is -0.587. The standard InChI is InChI=1S/C20H25N3O3S3/c1-3-26-19(25)16-14-8-6-4-5-7-9-15(14)29-18(16)21-20(27)23-22-17(24)13-10-12(2)28-11-13/h10-11H,3-9H2,1-2H3,(H,22,24)(H2,21,23,27). The van der Waals surface area contributed by atoms with Gasteiger partial charge in [0.15, 0.2) is 5.11 Å². The molecule has 3 rings (SSSR count). The van der Waals surface area contributed by atoms with Crippen molar-refractivity contribution >= 4 is 56.9 Å². The number of thiocarbonyl (C=S) groups is 1. The molecule has 156 valence electrons. The molecule has 9 heteroatoms. The van der Waals surface area contributed by atoms with E-state index in [-0.39, 0.29) is 17.0 Å². The first-order valence-corrected chi connectivity index (χ1v) is 11.8. The highest BCUT2D eigenvalue weighted by atomic mass is 32.1. The van der Waals surface area contributed by atoms with Crippen molar-refractivity contribution in [1.29, 1.82) is 0 Å². The normalized spacial score (nSPS) is 13.6. The first-order valence-electron chi connectivity index (χ1n) is 9.73. The number of carbonyl (C=O) groups is 2. The van der Waals surface area contributed by atoms with Gasteiger partial charge in [-0.05, 0) is 63.4 Å². The van der Waals surface area contributed by atoms with Crippen molar-refractivity contribution in [2.24, 2.45) is 0 Å². The lowest BCUT2D eigenvalue weighted by molar-refractivity contribution is 0.0526. The zero-order chi connectivity index (χ0) is 20.8. The molecule has 0 aliphatic heterocycles. The van der Waals surface area contributed by atoms with Crippen LogP contribution in [0.1, 0.15) is 68.6 Å². The highest BCUT2D eigenvalue weighted by molar-refractivity contribution is 7.80. The minimum atomic E-state index is -0.325. The number of thiophene rings is 2. The number of fused-ring (bicyclic) bond motifs is 1. The fourth-order valence-electron chi connectivity index (χ4n) is 3.31. The third-order valence-corrected chi connectivity index (χ3v) is 6.93. The van der Waals surface area contributed by atoms with Gasteiger partial charge in [-0.3, -0.25) is 15.6 Å². The Labute approximate surface area is 184 Å². The van der Waals surface area contributed by atoms with Gasteiger partial charge in [-0.25, -0.2) is 4.79 Å². The van der Waals surface area contributed by atoms with Crippen LogP contribution in [0, 0.1) is 6.92 Å². The monoisotopic (exact) mass is 451 g/mol. The Balaban J connectivity index is 1.73. The molecule has 6 nitrogen and oxygen atoms in total. The van der Waals surface area contributed by atoms with E-state index in [9.17, 15) is 9.59 Å². The van der Waals surface area contributed by atoms with Crippen molar-refractivity contribution in [3.05, 3.63) is 37.9 Å².